The Kier molecular flexibility index (Phi) is 3.87. The van der Waals surface area contributed by atoms with Crippen LogP contribution in [0.1, 0.15) is 59.8 Å². The van der Waals surface area contributed by atoms with Gasteiger partial charge >= 0.3 is 0 Å². The fraction of sp³-hybridized carbons (Fsp3) is 0.800. The highest BCUT2D eigenvalue weighted by Gasteiger charge is 2.68. The molecule has 3 rings (SSSR count). The molecule has 0 saturated heterocycles. The smallest absolute Gasteiger partial charge is 0.156 e. The van der Waals surface area contributed by atoms with Gasteiger partial charge in [-0.3, -0.25) is 9.59 Å². The molecule has 0 heterocycles. The molecule has 0 aliphatic heterocycles. The second-order valence-electron chi connectivity index (χ2n) is 9.22. The van der Waals surface area contributed by atoms with E-state index in [1.807, 2.05) is 6.92 Å². The Morgan fingerprint density at radius 2 is 1.91 bits per heavy atom. The van der Waals surface area contributed by atoms with Crippen LogP contribution in [0, 0.1) is 28.1 Å². The molecule has 0 amide bonds. The zero-order chi connectivity index (χ0) is 17.0. The SMILES string of the molecule is COCC[C@@H]1C[C@]2(C)C[C@@]3(CC(=O)C=C(C)C3)C(=O)[C@@H]2C1(C)C. The van der Waals surface area contributed by atoms with Crippen LogP contribution in [0.25, 0.3) is 0 Å². The summed E-state index contributed by atoms with van der Waals surface area (Å²) in [5.74, 6) is 1.11. The molecule has 128 valence electrons. The molecule has 0 radical (unpaired) electrons. The Labute approximate surface area is 139 Å². The predicted molar refractivity (Wildman–Crippen MR) is 90.0 cm³/mol. The van der Waals surface area contributed by atoms with Gasteiger partial charge in [0.15, 0.2) is 5.78 Å². The first-order chi connectivity index (χ1) is 10.6. The molecule has 3 nitrogen and oxygen atoms in total. The van der Waals surface area contributed by atoms with Gasteiger partial charge in [0, 0.05) is 31.5 Å². The summed E-state index contributed by atoms with van der Waals surface area (Å²) in [6.45, 7) is 9.56. The lowest BCUT2D eigenvalue weighted by Gasteiger charge is -2.36. The van der Waals surface area contributed by atoms with Crippen molar-refractivity contribution in [1.29, 1.82) is 0 Å². The van der Waals surface area contributed by atoms with Crippen LogP contribution in [0.5, 0.6) is 0 Å². The van der Waals surface area contributed by atoms with E-state index in [0.29, 0.717) is 18.1 Å². The van der Waals surface area contributed by atoms with Gasteiger partial charge in [0.05, 0.1) is 0 Å². The Morgan fingerprint density at radius 1 is 1.22 bits per heavy atom. The summed E-state index contributed by atoms with van der Waals surface area (Å²) in [7, 11) is 1.74. The maximum absolute atomic E-state index is 13.5. The van der Waals surface area contributed by atoms with Crippen molar-refractivity contribution in [3.8, 4) is 0 Å². The molecule has 0 bridgehead atoms. The van der Waals surface area contributed by atoms with Crippen molar-refractivity contribution < 1.29 is 14.3 Å². The van der Waals surface area contributed by atoms with Crippen molar-refractivity contribution in [3.63, 3.8) is 0 Å². The first-order valence-electron chi connectivity index (χ1n) is 8.88. The van der Waals surface area contributed by atoms with Crippen molar-refractivity contribution in [2.45, 2.75) is 59.8 Å². The minimum atomic E-state index is -0.418. The molecule has 2 fully saturated rings. The van der Waals surface area contributed by atoms with Crippen LogP contribution in [0.4, 0.5) is 0 Å². The van der Waals surface area contributed by atoms with E-state index in [1.165, 1.54) is 0 Å². The molecule has 4 atom stereocenters. The molecule has 3 aliphatic carbocycles. The predicted octanol–water partition coefficient (Wildman–Crippen LogP) is 3.96. The number of methoxy groups -OCH3 is 1. The molecule has 3 aliphatic rings. The van der Waals surface area contributed by atoms with Crippen LogP contribution >= 0.6 is 0 Å². The van der Waals surface area contributed by atoms with Crippen LogP contribution in [0.3, 0.4) is 0 Å². The van der Waals surface area contributed by atoms with Crippen molar-refractivity contribution in [2.75, 3.05) is 13.7 Å². The van der Waals surface area contributed by atoms with E-state index in [2.05, 4.69) is 20.8 Å². The van der Waals surface area contributed by atoms with Gasteiger partial charge < -0.3 is 4.74 Å². The Bertz CT molecular complexity index is 573. The highest BCUT2D eigenvalue weighted by molar-refractivity contribution is 6.00. The molecule has 1 spiro atoms. The molecule has 0 N–H and O–H groups in total. The Morgan fingerprint density at radius 3 is 2.48 bits per heavy atom. The number of rotatable bonds is 3. The van der Waals surface area contributed by atoms with Gasteiger partial charge in [-0.2, -0.15) is 0 Å². The lowest BCUT2D eigenvalue weighted by molar-refractivity contribution is -0.136. The molecule has 23 heavy (non-hydrogen) atoms. The van der Waals surface area contributed by atoms with Gasteiger partial charge in [-0.05, 0) is 55.4 Å². The third-order valence-corrected chi connectivity index (χ3v) is 6.94. The van der Waals surface area contributed by atoms with Crippen molar-refractivity contribution >= 4 is 11.6 Å². The zero-order valence-electron chi connectivity index (χ0n) is 15.2. The van der Waals surface area contributed by atoms with E-state index in [4.69, 9.17) is 4.74 Å². The summed E-state index contributed by atoms with van der Waals surface area (Å²) in [6, 6.07) is 0. The van der Waals surface area contributed by atoms with Gasteiger partial charge in [0.25, 0.3) is 0 Å². The van der Waals surface area contributed by atoms with Gasteiger partial charge in [0.2, 0.25) is 0 Å². The van der Waals surface area contributed by atoms with E-state index in [0.717, 1.165) is 37.9 Å². The molecule has 0 unspecified atom stereocenters. The molecule has 0 aromatic rings. The van der Waals surface area contributed by atoms with E-state index < -0.39 is 5.41 Å². The number of carbonyl (C=O) groups is 2. The van der Waals surface area contributed by atoms with Gasteiger partial charge in [-0.1, -0.05) is 26.3 Å². The topological polar surface area (TPSA) is 43.4 Å². The van der Waals surface area contributed by atoms with Crippen LogP contribution in [0.2, 0.25) is 0 Å². The van der Waals surface area contributed by atoms with Gasteiger partial charge in [-0.25, -0.2) is 0 Å². The van der Waals surface area contributed by atoms with Crippen molar-refractivity contribution in [1.82, 2.24) is 0 Å². The normalized spacial score (nSPS) is 42.2. The fourth-order valence-electron chi connectivity index (χ4n) is 6.41. The van der Waals surface area contributed by atoms with Crippen LogP contribution in [-0.2, 0) is 14.3 Å². The number of hydrogen-bond donors (Lipinski definition) is 0. The number of ketones is 2. The third kappa shape index (κ3) is 2.43. The maximum Gasteiger partial charge on any atom is 0.156 e. The minimum Gasteiger partial charge on any atom is -0.385 e. The van der Waals surface area contributed by atoms with E-state index in [9.17, 15) is 9.59 Å². The van der Waals surface area contributed by atoms with E-state index >= 15 is 0 Å². The number of allylic oxidation sites excluding steroid dienone is 2. The summed E-state index contributed by atoms with van der Waals surface area (Å²) in [6.07, 6.45) is 5.93. The summed E-state index contributed by atoms with van der Waals surface area (Å²) >= 11 is 0. The molecule has 0 aromatic heterocycles. The lowest BCUT2D eigenvalue weighted by Crippen LogP contribution is -2.39. The summed E-state index contributed by atoms with van der Waals surface area (Å²) < 4.78 is 5.28. The molecule has 2 saturated carbocycles. The first kappa shape index (κ1) is 16.9. The average molecular weight is 318 g/mol. The highest BCUT2D eigenvalue weighted by Crippen LogP contribution is 2.69. The standard InChI is InChI=1S/C20H30O3/c1-13-8-15(21)11-20(9-13)12-19(4)10-14(6-7-23-5)18(2,3)16(19)17(20)22/h8,14,16H,6-7,9-12H2,1-5H3/t14-,16-,19-,20-/m1/s1. The monoisotopic (exact) mass is 318 g/mol. The van der Waals surface area contributed by atoms with Gasteiger partial charge in [-0.15, -0.1) is 0 Å². The van der Waals surface area contributed by atoms with E-state index in [-0.39, 0.29) is 22.5 Å². The largest absolute Gasteiger partial charge is 0.385 e. The maximum atomic E-state index is 13.5. The van der Waals surface area contributed by atoms with Crippen LogP contribution in [-0.4, -0.2) is 25.3 Å². The fourth-order valence-corrected chi connectivity index (χ4v) is 6.41. The summed E-state index contributed by atoms with van der Waals surface area (Å²) in [4.78, 5) is 25.6. The highest BCUT2D eigenvalue weighted by atomic mass is 16.5. The molecular weight excluding hydrogens is 288 g/mol. The number of carbonyl (C=O) groups excluding carboxylic acids is 2. The average Bonchev–Trinajstić information content (AvgIpc) is 2.72. The second kappa shape index (κ2) is 5.27. The van der Waals surface area contributed by atoms with Crippen molar-refractivity contribution in [2.24, 2.45) is 28.1 Å². The minimum absolute atomic E-state index is 0.00796. The van der Waals surface area contributed by atoms with Gasteiger partial charge in [0.1, 0.15) is 5.78 Å². The van der Waals surface area contributed by atoms with Crippen LogP contribution in [0.15, 0.2) is 11.6 Å². The van der Waals surface area contributed by atoms with Crippen molar-refractivity contribution in [3.05, 3.63) is 11.6 Å². The number of hydrogen-bond acceptors (Lipinski definition) is 3. The zero-order valence-corrected chi connectivity index (χ0v) is 15.2. The quantitative estimate of drug-likeness (QED) is 0.791. The second-order valence-corrected chi connectivity index (χ2v) is 9.22. The number of Topliss-reactive ketones (excluding diaryl/α,β-unsaturated/α-hetero) is 1. The third-order valence-electron chi connectivity index (χ3n) is 6.94. The summed E-state index contributed by atoms with van der Waals surface area (Å²) in [5.41, 5.74) is 0.689. The van der Waals surface area contributed by atoms with E-state index in [1.54, 1.807) is 13.2 Å². The molecule has 3 heteroatoms. The number of ether oxygens (including phenoxy) is 1. The molecular formula is C20H30O3. The van der Waals surface area contributed by atoms with Crippen LogP contribution < -0.4 is 0 Å². The number of fused-ring (bicyclic) bond motifs is 1. The Balaban J connectivity index is 1.92. The Hall–Kier alpha value is -0.960. The lowest BCUT2D eigenvalue weighted by atomic mass is 9.66. The summed E-state index contributed by atoms with van der Waals surface area (Å²) in [5, 5.41) is 0. The first-order valence-corrected chi connectivity index (χ1v) is 8.88. The molecule has 0 aromatic carbocycles.